The van der Waals surface area contributed by atoms with Gasteiger partial charge in [-0.1, -0.05) is 0 Å². The summed E-state index contributed by atoms with van der Waals surface area (Å²) in [6.07, 6.45) is 1.68. The van der Waals surface area contributed by atoms with Gasteiger partial charge < -0.3 is 20.4 Å². The summed E-state index contributed by atoms with van der Waals surface area (Å²) >= 11 is 0. The number of likely N-dealkylation sites (N-methyl/N-ethyl adjacent to an activating group) is 1. The van der Waals surface area contributed by atoms with Crippen LogP contribution in [0.15, 0.2) is 60.8 Å². The molecule has 0 atom stereocenters. The van der Waals surface area contributed by atoms with Crippen molar-refractivity contribution in [3.8, 4) is 0 Å². The summed E-state index contributed by atoms with van der Waals surface area (Å²) in [6, 6.07) is 16.3. The van der Waals surface area contributed by atoms with Crippen molar-refractivity contribution in [2.24, 2.45) is 0 Å². The normalized spacial score (nSPS) is 14.7. The number of hydrogen-bond acceptors (Lipinski definition) is 6. The lowest BCUT2D eigenvalue weighted by Crippen LogP contribution is -2.44. The lowest BCUT2D eigenvalue weighted by molar-refractivity contribution is 0.313. The molecular formula is C21H23FN6. The Hall–Kier alpha value is -3.19. The van der Waals surface area contributed by atoms with Crippen LogP contribution in [0.1, 0.15) is 0 Å². The van der Waals surface area contributed by atoms with E-state index in [1.54, 1.807) is 18.3 Å². The van der Waals surface area contributed by atoms with Crippen molar-refractivity contribution >= 4 is 28.8 Å². The average Bonchev–Trinajstić information content (AvgIpc) is 2.71. The predicted molar refractivity (Wildman–Crippen MR) is 111 cm³/mol. The highest BCUT2D eigenvalue weighted by Crippen LogP contribution is 2.22. The van der Waals surface area contributed by atoms with E-state index in [9.17, 15) is 4.39 Å². The Morgan fingerprint density at radius 3 is 2.18 bits per heavy atom. The first-order chi connectivity index (χ1) is 13.7. The Balaban J connectivity index is 1.40. The third-order valence-corrected chi connectivity index (χ3v) is 4.76. The zero-order valence-electron chi connectivity index (χ0n) is 15.8. The maximum atomic E-state index is 13.0. The number of nitrogens with one attached hydrogen (secondary N) is 2. The second kappa shape index (κ2) is 8.22. The standard InChI is InChI=1S/C21H23FN6/c1-27-12-14-28(15-13-27)19-8-6-17(7-9-19)24-20-10-11-23-21(26-20)25-18-4-2-16(22)3-5-18/h2-11H,12-15H2,1H3,(H2,23,24,25,26). The van der Waals surface area contributed by atoms with Crippen molar-refractivity contribution in [3.63, 3.8) is 0 Å². The quantitative estimate of drug-likeness (QED) is 0.703. The third-order valence-electron chi connectivity index (χ3n) is 4.76. The number of piperazine rings is 1. The van der Waals surface area contributed by atoms with Gasteiger partial charge in [0.1, 0.15) is 11.6 Å². The van der Waals surface area contributed by atoms with E-state index in [0.29, 0.717) is 11.8 Å². The molecule has 7 heteroatoms. The van der Waals surface area contributed by atoms with Crippen molar-refractivity contribution in [2.75, 3.05) is 48.8 Å². The number of rotatable bonds is 5. The summed E-state index contributed by atoms with van der Waals surface area (Å²) in [5.74, 6) is 0.861. The highest BCUT2D eigenvalue weighted by atomic mass is 19.1. The van der Waals surface area contributed by atoms with E-state index < -0.39 is 0 Å². The summed E-state index contributed by atoms with van der Waals surface area (Å²) in [5.41, 5.74) is 2.93. The van der Waals surface area contributed by atoms with Crippen LogP contribution in [-0.2, 0) is 0 Å². The zero-order valence-corrected chi connectivity index (χ0v) is 15.8. The fourth-order valence-corrected chi connectivity index (χ4v) is 3.12. The zero-order chi connectivity index (χ0) is 19.3. The van der Waals surface area contributed by atoms with Gasteiger partial charge in [0.2, 0.25) is 5.95 Å². The Kier molecular flexibility index (Phi) is 5.34. The summed E-state index contributed by atoms with van der Waals surface area (Å²) in [6.45, 7) is 4.27. The molecule has 1 saturated heterocycles. The monoisotopic (exact) mass is 378 g/mol. The first kappa shape index (κ1) is 18.2. The summed E-state index contributed by atoms with van der Waals surface area (Å²) < 4.78 is 13.0. The van der Waals surface area contributed by atoms with Crippen LogP contribution in [0.25, 0.3) is 0 Å². The number of benzene rings is 2. The summed E-state index contributed by atoms with van der Waals surface area (Å²) in [4.78, 5) is 13.4. The maximum Gasteiger partial charge on any atom is 0.229 e. The molecule has 2 aromatic carbocycles. The molecule has 1 fully saturated rings. The molecule has 3 aromatic rings. The SMILES string of the molecule is CN1CCN(c2ccc(Nc3ccnc(Nc4ccc(F)cc4)n3)cc2)CC1. The second-order valence-electron chi connectivity index (χ2n) is 6.86. The molecule has 144 valence electrons. The van der Waals surface area contributed by atoms with Crippen molar-refractivity contribution in [1.82, 2.24) is 14.9 Å². The molecule has 0 bridgehead atoms. The predicted octanol–water partition coefficient (Wildman–Crippen LogP) is 3.85. The molecule has 6 nitrogen and oxygen atoms in total. The molecule has 1 aromatic heterocycles. The fourth-order valence-electron chi connectivity index (χ4n) is 3.12. The van der Waals surface area contributed by atoms with Gasteiger partial charge in [-0.05, 0) is 61.6 Å². The van der Waals surface area contributed by atoms with Crippen LogP contribution in [-0.4, -0.2) is 48.1 Å². The minimum atomic E-state index is -0.276. The van der Waals surface area contributed by atoms with Crippen LogP contribution in [0.5, 0.6) is 0 Å². The molecule has 0 unspecified atom stereocenters. The van der Waals surface area contributed by atoms with E-state index in [4.69, 9.17) is 0 Å². The Morgan fingerprint density at radius 1 is 0.821 bits per heavy atom. The van der Waals surface area contributed by atoms with Gasteiger partial charge in [0.15, 0.2) is 0 Å². The number of nitrogens with zero attached hydrogens (tertiary/aromatic N) is 4. The molecular weight excluding hydrogens is 355 g/mol. The first-order valence-corrected chi connectivity index (χ1v) is 9.32. The Labute approximate surface area is 164 Å². The van der Waals surface area contributed by atoms with Crippen molar-refractivity contribution in [2.45, 2.75) is 0 Å². The third kappa shape index (κ3) is 4.55. The van der Waals surface area contributed by atoms with Gasteiger partial charge in [0.05, 0.1) is 0 Å². The van der Waals surface area contributed by atoms with Gasteiger partial charge in [0.25, 0.3) is 0 Å². The molecule has 2 heterocycles. The van der Waals surface area contributed by atoms with Gasteiger partial charge in [-0.25, -0.2) is 9.37 Å². The molecule has 1 aliphatic heterocycles. The lowest BCUT2D eigenvalue weighted by Gasteiger charge is -2.34. The molecule has 1 aliphatic rings. The number of anilines is 5. The maximum absolute atomic E-state index is 13.0. The highest BCUT2D eigenvalue weighted by Gasteiger charge is 2.14. The molecule has 28 heavy (non-hydrogen) atoms. The van der Waals surface area contributed by atoms with Crippen LogP contribution in [0, 0.1) is 5.82 Å². The summed E-state index contributed by atoms with van der Waals surface area (Å²) in [7, 11) is 2.16. The van der Waals surface area contributed by atoms with Crippen LogP contribution < -0.4 is 15.5 Å². The van der Waals surface area contributed by atoms with Crippen molar-refractivity contribution in [3.05, 3.63) is 66.6 Å². The van der Waals surface area contributed by atoms with Crippen LogP contribution in [0.4, 0.5) is 33.2 Å². The first-order valence-electron chi connectivity index (χ1n) is 9.32. The molecule has 0 spiro atoms. The summed E-state index contributed by atoms with van der Waals surface area (Å²) in [5, 5.41) is 6.37. The number of hydrogen-bond donors (Lipinski definition) is 2. The van der Waals surface area contributed by atoms with Gasteiger partial charge in [0, 0.05) is 49.4 Å². The largest absolute Gasteiger partial charge is 0.369 e. The topological polar surface area (TPSA) is 56.3 Å². The van der Waals surface area contributed by atoms with Crippen molar-refractivity contribution < 1.29 is 4.39 Å². The van der Waals surface area contributed by atoms with E-state index >= 15 is 0 Å². The van der Waals surface area contributed by atoms with Gasteiger partial charge in [-0.3, -0.25) is 0 Å². The fraction of sp³-hybridized carbons (Fsp3) is 0.238. The molecule has 4 rings (SSSR count). The van der Waals surface area contributed by atoms with E-state index in [1.165, 1.54) is 17.8 Å². The Bertz CT molecular complexity index is 905. The highest BCUT2D eigenvalue weighted by molar-refractivity contribution is 5.62. The van der Waals surface area contributed by atoms with E-state index in [1.807, 2.05) is 6.07 Å². The molecule has 0 saturated carbocycles. The average molecular weight is 378 g/mol. The molecule has 0 aliphatic carbocycles. The van der Waals surface area contributed by atoms with E-state index in [2.05, 4.69) is 61.7 Å². The minimum absolute atomic E-state index is 0.276. The van der Waals surface area contributed by atoms with Crippen molar-refractivity contribution in [1.29, 1.82) is 0 Å². The minimum Gasteiger partial charge on any atom is -0.369 e. The smallest absolute Gasteiger partial charge is 0.229 e. The molecule has 0 radical (unpaired) electrons. The van der Waals surface area contributed by atoms with Gasteiger partial charge in [-0.15, -0.1) is 0 Å². The lowest BCUT2D eigenvalue weighted by atomic mass is 10.2. The van der Waals surface area contributed by atoms with Crippen LogP contribution in [0.2, 0.25) is 0 Å². The molecule has 2 N–H and O–H groups in total. The number of aromatic nitrogens is 2. The van der Waals surface area contributed by atoms with Crippen LogP contribution in [0.3, 0.4) is 0 Å². The second-order valence-corrected chi connectivity index (χ2v) is 6.86. The van der Waals surface area contributed by atoms with Gasteiger partial charge >= 0.3 is 0 Å². The van der Waals surface area contributed by atoms with Gasteiger partial charge in [-0.2, -0.15) is 4.98 Å². The molecule has 0 amide bonds. The number of halogens is 1. The van der Waals surface area contributed by atoms with E-state index in [0.717, 1.165) is 37.6 Å². The van der Waals surface area contributed by atoms with E-state index in [-0.39, 0.29) is 5.82 Å². The Morgan fingerprint density at radius 2 is 1.46 bits per heavy atom. The van der Waals surface area contributed by atoms with Crippen LogP contribution >= 0.6 is 0 Å².